The Morgan fingerprint density at radius 1 is 1.12 bits per heavy atom. The summed E-state index contributed by atoms with van der Waals surface area (Å²) in [6.07, 6.45) is 3.54. The van der Waals surface area contributed by atoms with E-state index >= 15 is 0 Å². The molecule has 3 heterocycles. The quantitative estimate of drug-likeness (QED) is 0.645. The lowest BCUT2D eigenvalue weighted by Crippen LogP contribution is -2.21. The normalized spacial score (nSPS) is 14.4. The molecular formula is C25H22N4O3. The van der Waals surface area contributed by atoms with Gasteiger partial charge in [-0.2, -0.15) is 0 Å². The third-order valence-corrected chi connectivity index (χ3v) is 5.15. The Morgan fingerprint density at radius 2 is 2.03 bits per heavy atom. The van der Waals surface area contributed by atoms with Crippen LogP contribution in [0.1, 0.15) is 16.8 Å². The minimum atomic E-state index is -0.184. The van der Waals surface area contributed by atoms with Gasteiger partial charge in [0, 0.05) is 30.1 Å². The molecule has 1 amide bonds. The molecule has 0 saturated carbocycles. The van der Waals surface area contributed by atoms with Crippen molar-refractivity contribution < 1.29 is 14.3 Å². The van der Waals surface area contributed by atoms with Crippen molar-refractivity contribution in [3.8, 4) is 17.2 Å². The van der Waals surface area contributed by atoms with Crippen LogP contribution in [0.5, 0.6) is 17.2 Å². The third-order valence-electron chi connectivity index (χ3n) is 5.15. The lowest BCUT2D eigenvalue weighted by atomic mass is 10.1. The summed E-state index contributed by atoms with van der Waals surface area (Å²) < 4.78 is 11.8. The molecule has 0 bridgehead atoms. The van der Waals surface area contributed by atoms with Crippen molar-refractivity contribution in [3.63, 3.8) is 0 Å². The maximum atomic E-state index is 12.7. The van der Waals surface area contributed by atoms with Gasteiger partial charge >= 0.3 is 0 Å². The SMILES string of the molecule is Cc1cccc(NC(=O)C2=Cc3cc(Oc4ccnc(C5=NCCN5)c4)ccc3OC2)c1. The first-order valence-corrected chi connectivity index (χ1v) is 10.4. The van der Waals surface area contributed by atoms with Gasteiger partial charge in [-0.25, -0.2) is 0 Å². The molecule has 2 aromatic carbocycles. The Labute approximate surface area is 185 Å². The van der Waals surface area contributed by atoms with Crippen LogP contribution in [-0.4, -0.2) is 36.4 Å². The Bertz CT molecular complexity index is 1250. The van der Waals surface area contributed by atoms with Crippen LogP contribution in [0, 0.1) is 6.92 Å². The highest BCUT2D eigenvalue weighted by Crippen LogP contribution is 2.32. The summed E-state index contributed by atoms with van der Waals surface area (Å²) in [6.45, 7) is 3.77. The number of nitrogens with zero attached hydrogens (tertiary/aromatic N) is 2. The summed E-state index contributed by atoms with van der Waals surface area (Å²) in [5.41, 5.74) is 3.93. The first kappa shape index (κ1) is 19.8. The maximum absolute atomic E-state index is 12.7. The topological polar surface area (TPSA) is 84.8 Å². The minimum absolute atomic E-state index is 0.184. The largest absolute Gasteiger partial charge is 0.488 e. The van der Waals surface area contributed by atoms with E-state index in [0.29, 0.717) is 22.8 Å². The number of carbonyl (C=O) groups excluding carboxylic acids is 1. The van der Waals surface area contributed by atoms with Crippen molar-refractivity contribution in [2.45, 2.75) is 6.92 Å². The number of anilines is 1. The van der Waals surface area contributed by atoms with Gasteiger partial charge < -0.3 is 20.1 Å². The van der Waals surface area contributed by atoms with Gasteiger partial charge in [-0.15, -0.1) is 0 Å². The highest BCUT2D eigenvalue weighted by molar-refractivity contribution is 6.07. The van der Waals surface area contributed by atoms with Gasteiger partial charge in [0.15, 0.2) is 0 Å². The number of nitrogens with one attached hydrogen (secondary N) is 2. The molecule has 5 rings (SSSR count). The number of amidine groups is 1. The van der Waals surface area contributed by atoms with Crippen molar-refractivity contribution in [1.82, 2.24) is 10.3 Å². The van der Waals surface area contributed by atoms with Crippen molar-refractivity contribution >= 4 is 23.5 Å². The fraction of sp³-hybridized carbons (Fsp3) is 0.160. The lowest BCUT2D eigenvalue weighted by molar-refractivity contribution is -0.113. The number of pyridine rings is 1. The van der Waals surface area contributed by atoms with Crippen LogP contribution in [0.3, 0.4) is 0 Å². The van der Waals surface area contributed by atoms with Crippen molar-refractivity contribution in [2.24, 2.45) is 4.99 Å². The van der Waals surface area contributed by atoms with Crippen LogP contribution in [0.15, 0.2) is 71.4 Å². The first-order valence-electron chi connectivity index (χ1n) is 10.4. The summed E-state index contributed by atoms with van der Waals surface area (Å²) in [5.74, 6) is 2.61. The van der Waals surface area contributed by atoms with Crippen LogP contribution in [0.25, 0.3) is 6.08 Å². The van der Waals surface area contributed by atoms with E-state index in [-0.39, 0.29) is 12.5 Å². The molecule has 2 N–H and O–H groups in total. The molecule has 0 atom stereocenters. The van der Waals surface area contributed by atoms with E-state index in [9.17, 15) is 4.79 Å². The second-order valence-electron chi connectivity index (χ2n) is 7.62. The first-order chi connectivity index (χ1) is 15.6. The second kappa shape index (κ2) is 8.55. The molecule has 1 aromatic heterocycles. The minimum Gasteiger partial charge on any atom is -0.488 e. The van der Waals surface area contributed by atoms with Crippen LogP contribution in [0.4, 0.5) is 5.69 Å². The fourth-order valence-corrected chi connectivity index (χ4v) is 3.59. The van der Waals surface area contributed by atoms with Crippen molar-refractivity contribution in [3.05, 3.63) is 83.2 Å². The summed E-state index contributed by atoms with van der Waals surface area (Å²) in [7, 11) is 0. The van der Waals surface area contributed by atoms with Gasteiger partial charge in [0.05, 0.1) is 12.1 Å². The van der Waals surface area contributed by atoms with Gasteiger partial charge in [0.1, 0.15) is 35.4 Å². The number of hydrogen-bond donors (Lipinski definition) is 2. The van der Waals surface area contributed by atoms with Gasteiger partial charge in [0.2, 0.25) is 0 Å². The molecule has 2 aliphatic rings. The zero-order chi connectivity index (χ0) is 21.9. The zero-order valence-electron chi connectivity index (χ0n) is 17.6. The predicted molar refractivity (Wildman–Crippen MR) is 123 cm³/mol. The van der Waals surface area contributed by atoms with Crippen LogP contribution >= 0.6 is 0 Å². The lowest BCUT2D eigenvalue weighted by Gasteiger charge is -2.18. The van der Waals surface area contributed by atoms with Gasteiger partial charge in [0.25, 0.3) is 5.91 Å². The fourth-order valence-electron chi connectivity index (χ4n) is 3.59. The van der Waals surface area contributed by atoms with E-state index in [4.69, 9.17) is 9.47 Å². The van der Waals surface area contributed by atoms with Crippen molar-refractivity contribution in [2.75, 3.05) is 25.0 Å². The highest BCUT2D eigenvalue weighted by Gasteiger charge is 2.18. The average molecular weight is 426 g/mol. The van der Waals surface area contributed by atoms with E-state index in [0.717, 1.165) is 41.4 Å². The molecule has 160 valence electrons. The number of carbonyl (C=O) groups is 1. The average Bonchev–Trinajstić information content (AvgIpc) is 3.34. The van der Waals surface area contributed by atoms with Crippen LogP contribution in [0.2, 0.25) is 0 Å². The number of benzene rings is 2. The Morgan fingerprint density at radius 3 is 2.88 bits per heavy atom. The molecule has 0 fully saturated rings. The number of hydrogen-bond acceptors (Lipinski definition) is 6. The van der Waals surface area contributed by atoms with Gasteiger partial charge in [-0.3, -0.25) is 14.8 Å². The van der Waals surface area contributed by atoms with Crippen LogP contribution in [-0.2, 0) is 4.79 Å². The molecule has 0 spiro atoms. The molecule has 0 saturated heterocycles. The zero-order valence-corrected chi connectivity index (χ0v) is 17.6. The van der Waals surface area contributed by atoms with E-state index in [2.05, 4.69) is 20.6 Å². The number of rotatable bonds is 5. The summed E-state index contributed by atoms with van der Waals surface area (Å²) in [4.78, 5) is 21.5. The Balaban J connectivity index is 1.34. The van der Waals surface area contributed by atoms with Crippen LogP contribution < -0.4 is 20.1 Å². The number of amides is 1. The summed E-state index contributed by atoms with van der Waals surface area (Å²) in [5, 5.41) is 6.14. The molecular weight excluding hydrogens is 404 g/mol. The summed E-state index contributed by atoms with van der Waals surface area (Å²) in [6, 6.07) is 16.9. The summed E-state index contributed by atoms with van der Waals surface area (Å²) >= 11 is 0. The van der Waals surface area contributed by atoms with E-state index in [1.165, 1.54) is 0 Å². The van der Waals surface area contributed by atoms with E-state index in [1.807, 2.05) is 61.5 Å². The number of aromatic nitrogens is 1. The monoisotopic (exact) mass is 426 g/mol. The van der Waals surface area contributed by atoms with Crippen molar-refractivity contribution in [1.29, 1.82) is 0 Å². The van der Waals surface area contributed by atoms with Gasteiger partial charge in [-0.1, -0.05) is 12.1 Å². The number of aliphatic imine (C=N–C) groups is 1. The molecule has 0 unspecified atom stereocenters. The second-order valence-corrected chi connectivity index (χ2v) is 7.62. The maximum Gasteiger partial charge on any atom is 0.255 e. The highest BCUT2D eigenvalue weighted by atomic mass is 16.5. The molecule has 7 nitrogen and oxygen atoms in total. The number of ether oxygens (including phenoxy) is 2. The Kier molecular flexibility index (Phi) is 5.29. The molecule has 3 aromatic rings. The Hall–Kier alpha value is -4.13. The third kappa shape index (κ3) is 4.32. The molecule has 7 heteroatoms. The van der Waals surface area contributed by atoms with E-state index < -0.39 is 0 Å². The predicted octanol–water partition coefficient (Wildman–Crippen LogP) is 3.95. The molecule has 0 aliphatic carbocycles. The molecule has 32 heavy (non-hydrogen) atoms. The standard InChI is InChI=1S/C25H22N4O3/c1-16-3-2-4-19(11-16)29-25(30)18-12-17-13-20(5-6-23(17)31-15-18)32-21-7-8-26-22(14-21)24-27-9-10-28-24/h2-8,11-14H,9-10,15H2,1H3,(H,27,28)(H,29,30). The number of aryl methyl sites for hydroxylation is 1. The smallest absolute Gasteiger partial charge is 0.255 e. The van der Waals surface area contributed by atoms with E-state index in [1.54, 1.807) is 12.3 Å². The molecule has 0 radical (unpaired) electrons. The number of fused-ring (bicyclic) bond motifs is 1. The van der Waals surface area contributed by atoms with Gasteiger partial charge in [-0.05, 0) is 55.0 Å². The molecule has 2 aliphatic heterocycles.